The molecule has 6 N–H and O–H groups in total. The molecule has 0 aromatic rings. The average Bonchev–Trinajstić information content (AvgIpc) is 0.854. The summed E-state index contributed by atoms with van der Waals surface area (Å²) in [5, 5.41) is 54.9. The molecular weight excluding hydrogens is 1200 g/mol. The van der Waals surface area contributed by atoms with Crippen molar-refractivity contribution in [3.8, 4) is 0 Å². The van der Waals surface area contributed by atoms with Crippen LogP contribution < -0.4 is 5.32 Å². The van der Waals surface area contributed by atoms with Gasteiger partial charge in [-0.15, -0.1) is 0 Å². The van der Waals surface area contributed by atoms with Crippen molar-refractivity contribution in [3.05, 3.63) is 146 Å². The van der Waals surface area contributed by atoms with E-state index in [0.717, 1.165) is 122 Å². The van der Waals surface area contributed by atoms with Gasteiger partial charge < -0.3 is 40.3 Å². The van der Waals surface area contributed by atoms with Crippen LogP contribution in [-0.2, 0) is 14.3 Å². The molecule has 9 heteroatoms. The largest absolute Gasteiger partial charge is 0.394 e. The van der Waals surface area contributed by atoms with E-state index < -0.39 is 49.5 Å². The zero-order chi connectivity index (χ0) is 69.9. The van der Waals surface area contributed by atoms with Crippen LogP contribution in [0.3, 0.4) is 0 Å². The Balaban J connectivity index is 2.13. The first-order valence-corrected chi connectivity index (χ1v) is 40.6. The van der Waals surface area contributed by atoms with Gasteiger partial charge in [-0.1, -0.05) is 384 Å². The van der Waals surface area contributed by atoms with Crippen molar-refractivity contribution in [2.24, 2.45) is 0 Å². The molecule has 0 aromatic heterocycles. The summed E-state index contributed by atoms with van der Waals surface area (Å²) in [5.74, 6) is -0.190. The summed E-state index contributed by atoms with van der Waals surface area (Å²) in [5.41, 5.74) is 0. The van der Waals surface area contributed by atoms with Crippen LogP contribution in [0.4, 0.5) is 0 Å². The van der Waals surface area contributed by atoms with Gasteiger partial charge in [0.2, 0.25) is 5.91 Å². The fourth-order valence-electron chi connectivity index (χ4n) is 12.2. The Morgan fingerprint density at radius 3 is 0.948 bits per heavy atom. The summed E-state index contributed by atoms with van der Waals surface area (Å²) >= 11 is 0. The number of hydrogen-bond acceptors (Lipinski definition) is 8. The monoisotopic (exact) mass is 1350 g/mol. The summed E-state index contributed by atoms with van der Waals surface area (Å²) in [6, 6.07) is -0.824. The number of ether oxygens (including phenoxy) is 2. The zero-order valence-corrected chi connectivity index (χ0v) is 62.5. The van der Waals surface area contributed by atoms with E-state index in [1.54, 1.807) is 6.08 Å². The number of carbonyl (C=O) groups is 1. The van der Waals surface area contributed by atoms with Gasteiger partial charge in [-0.3, -0.25) is 4.79 Å². The van der Waals surface area contributed by atoms with Crippen LogP contribution in [0.1, 0.15) is 348 Å². The van der Waals surface area contributed by atoms with Crippen LogP contribution in [0.25, 0.3) is 0 Å². The first-order chi connectivity index (χ1) is 47.8. The maximum atomic E-state index is 13.2. The fraction of sp³-hybridized carbons (Fsp3) is 0.716. The first kappa shape index (κ1) is 91.1. The Kier molecular flexibility index (Phi) is 70.2. The highest BCUT2D eigenvalue weighted by molar-refractivity contribution is 5.76. The third-order valence-electron chi connectivity index (χ3n) is 18.4. The molecule has 0 aromatic carbocycles. The van der Waals surface area contributed by atoms with Crippen molar-refractivity contribution in [1.29, 1.82) is 0 Å². The van der Waals surface area contributed by atoms with Gasteiger partial charge in [0.05, 0.1) is 25.4 Å². The van der Waals surface area contributed by atoms with Gasteiger partial charge in [-0.2, -0.15) is 0 Å². The van der Waals surface area contributed by atoms with E-state index in [1.165, 1.54) is 205 Å². The molecule has 9 nitrogen and oxygen atoms in total. The third-order valence-corrected chi connectivity index (χ3v) is 18.4. The van der Waals surface area contributed by atoms with Gasteiger partial charge in [0, 0.05) is 6.42 Å². The summed E-state index contributed by atoms with van der Waals surface area (Å²) in [6.07, 6.45) is 108. The molecule has 0 radical (unpaired) electrons. The first-order valence-electron chi connectivity index (χ1n) is 40.6. The van der Waals surface area contributed by atoms with Crippen molar-refractivity contribution >= 4 is 5.91 Å². The van der Waals surface area contributed by atoms with Crippen LogP contribution in [0, 0.1) is 0 Å². The molecule has 556 valence electrons. The molecule has 0 aliphatic carbocycles. The Hall–Kier alpha value is -3.93. The third kappa shape index (κ3) is 62.8. The van der Waals surface area contributed by atoms with E-state index in [1.807, 2.05) is 6.08 Å². The van der Waals surface area contributed by atoms with Gasteiger partial charge >= 0.3 is 0 Å². The number of carbonyl (C=O) groups excluding carboxylic acids is 1. The molecule has 1 rings (SSSR count). The summed E-state index contributed by atoms with van der Waals surface area (Å²) < 4.78 is 11.3. The normalized spacial score (nSPS) is 18.2. The summed E-state index contributed by atoms with van der Waals surface area (Å²) in [7, 11) is 0. The van der Waals surface area contributed by atoms with Crippen LogP contribution in [0.15, 0.2) is 146 Å². The molecule has 1 heterocycles. The molecule has 0 spiro atoms. The van der Waals surface area contributed by atoms with E-state index in [2.05, 4.69) is 153 Å². The lowest BCUT2D eigenvalue weighted by Crippen LogP contribution is -2.60. The van der Waals surface area contributed by atoms with Crippen molar-refractivity contribution in [3.63, 3.8) is 0 Å². The number of amides is 1. The molecule has 7 atom stereocenters. The van der Waals surface area contributed by atoms with Gasteiger partial charge in [0.15, 0.2) is 6.29 Å². The minimum Gasteiger partial charge on any atom is -0.394 e. The summed E-state index contributed by atoms with van der Waals surface area (Å²) in [4.78, 5) is 13.2. The highest BCUT2D eigenvalue weighted by Gasteiger charge is 2.44. The molecular formula is C88H151NO8. The van der Waals surface area contributed by atoms with Gasteiger partial charge in [-0.25, -0.2) is 0 Å². The molecule has 0 bridgehead atoms. The Bertz CT molecular complexity index is 2060. The maximum Gasteiger partial charge on any atom is 0.220 e. The minimum atomic E-state index is -1.58. The van der Waals surface area contributed by atoms with Gasteiger partial charge in [0.25, 0.3) is 0 Å². The molecule has 1 fully saturated rings. The second kappa shape index (κ2) is 74.8. The lowest BCUT2D eigenvalue weighted by atomic mass is 9.99. The Morgan fingerprint density at radius 2 is 0.639 bits per heavy atom. The van der Waals surface area contributed by atoms with E-state index in [9.17, 15) is 30.3 Å². The molecule has 1 saturated heterocycles. The predicted octanol–water partition coefficient (Wildman–Crippen LogP) is 23.6. The standard InChI is InChI=1S/C88H151NO8/c1-3-5-7-9-11-13-15-17-19-21-23-25-27-29-31-33-35-37-38-39-40-41-42-43-44-46-48-50-52-54-56-58-60-62-64-66-68-70-72-74-76-78-84(92)89-81(80-96-88-87(95)86(94)85(93)83(79-90)97-88)82(91)77-75-73-71-69-67-65-63-61-59-57-55-53-51-49-47-45-36-34-32-30-28-26-24-22-20-18-16-14-12-10-8-6-4-2/h5,7,11,13,17,19,23,25,29,31,35,37,39-40,42-43,46,48,52,54,58,60,75,77,81-83,85-88,90-91,93-95H,3-4,6,8-10,12,14-16,18,20-22,24,26-28,30,32-34,36,38,41,44-45,47,49-51,53,55-57,59,61-74,76,78-80H2,1-2H3,(H,89,92)/b7-5-,13-11-,19-17-,25-23-,31-29-,37-35-,40-39-,43-42-,48-46-,54-52-,60-58-,77-75+. The quantitative estimate of drug-likeness (QED) is 0.0261. The topological polar surface area (TPSA) is 149 Å². The van der Waals surface area contributed by atoms with Crippen LogP contribution in [0.5, 0.6) is 0 Å². The second-order valence-corrected chi connectivity index (χ2v) is 27.5. The minimum absolute atomic E-state index is 0.190. The van der Waals surface area contributed by atoms with Crippen molar-refractivity contribution in [2.75, 3.05) is 13.2 Å². The average molecular weight is 1350 g/mol. The van der Waals surface area contributed by atoms with E-state index >= 15 is 0 Å². The number of aliphatic hydroxyl groups excluding tert-OH is 5. The Morgan fingerprint density at radius 1 is 0.361 bits per heavy atom. The molecule has 0 saturated carbocycles. The van der Waals surface area contributed by atoms with Gasteiger partial charge in [-0.05, 0) is 103 Å². The zero-order valence-electron chi connectivity index (χ0n) is 62.5. The fourth-order valence-corrected chi connectivity index (χ4v) is 12.2. The number of aliphatic hydroxyl groups is 5. The van der Waals surface area contributed by atoms with E-state index in [4.69, 9.17) is 9.47 Å². The van der Waals surface area contributed by atoms with E-state index in [-0.39, 0.29) is 12.5 Å². The molecule has 1 amide bonds. The lowest BCUT2D eigenvalue weighted by Gasteiger charge is -2.40. The SMILES string of the molecule is CC/C=C\C/C=C\C/C=C\C/C=C\C/C=C\C/C=C\C/C=C\C/C=C\C/C=C\C/C=C\C/C=C\CCCCCCCCCC(=O)NC(COC1OC(CO)C(O)C(O)C1O)C(O)/C=C/CCCCCCCCCCCCCCCCCCCCCCCCCCCCCCCCC. The summed E-state index contributed by atoms with van der Waals surface area (Å²) in [6.45, 7) is 3.69. The van der Waals surface area contributed by atoms with Crippen molar-refractivity contribution in [2.45, 2.75) is 391 Å². The number of hydrogen-bond donors (Lipinski definition) is 6. The Labute approximate surface area is 597 Å². The number of rotatable bonds is 70. The van der Waals surface area contributed by atoms with Crippen LogP contribution >= 0.6 is 0 Å². The van der Waals surface area contributed by atoms with E-state index in [0.29, 0.717) is 6.42 Å². The van der Waals surface area contributed by atoms with Crippen molar-refractivity contribution < 1.29 is 39.8 Å². The van der Waals surface area contributed by atoms with Crippen LogP contribution in [0.2, 0.25) is 0 Å². The second-order valence-electron chi connectivity index (χ2n) is 27.5. The maximum absolute atomic E-state index is 13.2. The molecule has 7 unspecified atom stereocenters. The lowest BCUT2D eigenvalue weighted by molar-refractivity contribution is -0.302. The smallest absolute Gasteiger partial charge is 0.220 e. The van der Waals surface area contributed by atoms with Crippen LogP contribution in [-0.4, -0.2) is 87.5 Å². The van der Waals surface area contributed by atoms with Crippen molar-refractivity contribution in [1.82, 2.24) is 5.32 Å². The number of nitrogens with one attached hydrogen (secondary N) is 1. The molecule has 1 aliphatic heterocycles. The van der Waals surface area contributed by atoms with Gasteiger partial charge in [0.1, 0.15) is 24.4 Å². The predicted molar refractivity (Wildman–Crippen MR) is 419 cm³/mol. The number of allylic oxidation sites excluding steroid dienone is 23. The number of unbranched alkanes of at least 4 members (excludes halogenated alkanes) is 38. The highest BCUT2D eigenvalue weighted by atomic mass is 16.7. The highest BCUT2D eigenvalue weighted by Crippen LogP contribution is 2.23. The molecule has 1 aliphatic rings. The molecule has 97 heavy (non-hydrogen) atoms.